The fourth-order valence-corrected chi connectivity index (χ4v) is 4.44. The second kappa shape index (κ2) is 11.0. The Morgan fingerprint density at radius 1 is 0.971 bits per heavy atom. The Balaban J connectivity index is 1.97. The van der Waals surface area contributed by atoms with Gasteiger partial charge in [0.05, 0.1) is 29.7 Å². The number of carbonyl (C=O) groups excluding carboxylic acids is 1. The molecular weight excluding hydrogens is 438 g/mol. The summed E-state index contributed by atoms with van der Waals surface area (Å²) in [5, 5.41) is 0.520. The Labute approximate surface area is 205 Å². The highest BCUT2D eigenvalue weighted by atomic mass is 16.5. The van der Waals surface area contributed by atoms with Gasteiger partial charge in [-0.25, -0.2) is 4.98 Å². The molecule has 4 rings (SSSR count). The monoisotopic (exact) mass is 469 g/mol. The minimum Gasteiger partial charge on any atom is -0.495 e. The molecule has 4 aromatic rings. The van der Waals surface area contributed by atoms with Gasteiger partial charge in [0, 0.05) is 12.1 Å². The first-order valence-corrected chi connectivity index (χ1v) is 12.1. The summed E-state index contributed by atoms with van der Waals surface area (Å²) in [5.74, 6) is 1.03. The third-order valence-electron chi connectivity index (χ3n) is 6.22. The fourth-order valence-electron chi connectivity index (χ4n) is 4.44. The largest absolute Gasteiger partial charge is 0.495 e. The molecule has 0 fully saturated rings. The van der Waals surface area contributed by atoms with Crippen LogP contribution in [0.1, 0.15) is 55.3 Å². The molecule has 0 spiro atoms. The van der Waals surface area contributed by atoms with Crippen LogP contribution >= 0.6 is 0 Å². The fraction of sp³-hybridized carbons (Fsp3) is 0.276. The summed E-state index contributed by atoms with van der Waals surface area (Å²) in [6.07, 6.45) is 2.39. The molecule has 6 heteroatoms. The molecule has 0 saturated heterocycles. The number of unbranched alkanes of at least 4 members (excludes halogenated alkanes) is 1. The molecule has 1 aromatic heterocycles. The summed E-state index contributed by atoms with van der Waals surface area (Å²) in [7, 11) is 1.59. The van der Waals surface area contributed by atoms with Crippen molar-refractivity contribution in [3.05, 3.63) is 101 Å². The van der Waals surface area contributed by atoms with E-state index in [9.17, 15) is 9.59 Å². The van der Waals surface area contributed by atoms with Crippen LogP contribution in [0.2, 0.25) is 0 Å². The molecule has 1 atom stereocenters. The van der Waals surface area contributed by atoms with Crippen molar-refractivity contribution in [2.45, 2.75) is 39.2 Å². The molecule has 0 aliphatic carbocycles. The lowest BCUT2D eigenvalue weighted by molar-refractivity contribution is 0.0656. The molecule has 6 nitrogen and oxygen atoms in total. The highest BCUT2D eigenvalue weighted by molar-refractivity contribution is 5.94. The standard InChI is InChI=1S/C29H31N3O3/c1-4-6-20-31(28(33)21-14-8-7-9-15-21)24(5-2)27-30-23-17-11-10-16-22(23)29(34)32(27)25-18-12-13-19-26(25)35-3/h7-19,24H,4-6,20H2,1-3H3. The van der Waals surface area contributed by atoms with Crippen LogP contribution in [0.5, 0.6) is 5.75 Å². The first-order chi connectivity index (χ1) is 17.1. The van der Waals surface area contributed by atoms with E-state index in [0.29, 0.717) is 46.7 Å². The summed E-state index contributed by atoms with van der Waals surface area (Å²) in [5.41, 5.74) is 1.65. The van der Waals surface area contributed by atoms with Crippen LogP contribution < -0.4 is 10.3 Å². The van der Waals surface area contributed by atoms with Gasteiger partial charge in [-0.2, -0.15) is 0 Å². The summed E-state index contributed by atoms with van der Waals surface area (Å²) < 4.78 is 7.23. The number of rotatable bonds is 9. The van der Waals surface area contributed by atoms with E-state index in [1.54, 1.807) is 17.7 Å². The Kier molecular flexibility index (Phi) is 7.60. The number of nitrogens with zero attached hydrogens (tertiary/aromatic N) is 3. The van der Waals surface area contributed by atoms with Gasteiger partial charge in [-0.15, -0.1) is 0 Å². The van der Waals surface area contributed by atoms with E-state index in [0.717, 1.165) is 12.8 Å². The smallest absolute Gasteiger partial charge is 0.266 e. The average molecular weight is 470 g/mol. The number of methoxy groups -OCH3 is 1. The summed E-state index contributed by atoms with van der Waals surface area (Å²) in [6.45, 7) is 4.69. The number of para-hydroxylation sites is 3. The maximum atomic E-state index is 13.9. The Morgan fingerprint density at radius 3 is 2.37 bits per heavy atom. The first-order valence-electron chi connectivity index (χ1n) is 12.1. The molecule has 3 aromatic carbocycles. The lowest BCUT2D eigenvalue weighted by Crippen LogP contribution is -2.39. The van der Waals surface area contributed by atoms with Gasteiger partial charge in [0.1, 0.15) is 11.6 Å². The predicted molar refractivity (Wildman–Crippen MR) is 139 cm³/mol. The second-order valence-electron chi connectivity index (χ2n) is 8.44. The van der Waals surface area contributed by atoms with E-state index in [4.69, 9.17) is 9.72 Å². The zero-order valence-electron chi connectivity index (χ0n) is 20.5. The first kappa shape index (κ1) is 24.2. The van der Waals surface area contributed by atoms with Crippen LogP contribution in [-0.2, 0) is 0 Å². The van der Waals surface area contributed by atoms with Crippen molar-refractivity contribution < 1.29 is 9.53 Å². The molecule has 1 unspecified atom stereocenters. The van der Waals surface area contributed by atoms with Gasteiger partial charge in [-0.1, -0.05) is 62.7 Å². The molecule has 0 radical (unpaired) electrons. The van der Waals surface area contributed by atoms with Gasteiger partial charge in [-0.3, -0.25) is 14.2 Å². The molecule has 1 amide bonds. The maximum Gasteiger partial charge on any atom is 0.266 e. The van der Waals surface area contributed by atoms with Crippen molar-refractivity contribution >= 4 is 16.8 Å². The third-order valence-corrected chi connectivity index (χ3v) is 6.22. The van der Waals surface area contributed by atoms with Crippen molar-refractivity contribution in [1.82, 2.24) is 14.5 Å². The molecule has 0 aliphatic heterocycles. The highest BCUT2D eigenvalue weighted by Crippen LogP contribution is 2.30. The Bertz CT molecular complexity index is 1360. The summed E-state index contributed by atoms with van der Waals surface area (Å²) in [6, 6.07) is 23.6. The van der Waals surface area contributed by atoms with E-state index >= 15 is 0 Å². The number of hydrogen-bond donors (Lipinski definition) is 0. The zero-order chi connectivity index (χ0) is 24.8. The molecule has 0 saturated carbocycles. The number of carbonyl (C=O) groups is 1. The van der Waals surface area contributed by atoms with E-state index < -0.39 is 6.04 Å². The van der Waals surface area contributed by atoms with Crippen molar-refractivity contribution in [1.29, 1.82) is 0 Å². The number of fused-ring (bicyclic) bond motifs is 1. The van der Waals surface area contributed by atoms with Crippen molar-refractivity contribution in [3.8, 4) is 11.4 Å². The molecular formula is C29H31N3O3. The van der Waals surface area contributed by atoms with E-state index in [-0.39, 0.29) is 11.5 Å². The minimum atomic E-state index is -0.406. The SMILES string of the molecule is CCCCN(C(=O)c1ccccc1)C(CC)c1nc2ccccc2c(=O)n1-c1ccccc1OC. The number of ether oxygens (including phenoxy) is 1. The predicted octanol–water partition coefficient (Wildman–Crippen LogP) is 5.79. The quantitative estimate of drug-likeness (QED) is 0.311. The highest BCUT2D eigenvalue weighted by Gasteiger charge is 2.30. The average Bonchev–Trinajstić information content (AvgIpc) is 2.91. The van der Waals surface area contributed by atoms with Crippen LogP contribution in [0.3, 0.4) is 0 Å². The second-order valence-corrected chi connectivity index (χ2v) is 8.44. The number of aromatic nitrogens is 2. The molecule has 0 N–H and O–H groups in total. The number of hydrogen-bond acceptors (Lipinski definition) is 4. The van der Waals surface area contributed by atoms with Gasteiger partial charge < -0.3 is 9.64 Å². The molecule has 180 valence electrons. The lowest BCUT2D eigenvalue weighted by Gasteiger charge is -2.32. The van der Waals surface area contributed by atoms with E-state index in [2.05, 4.69) is 6.92 Å². The van der Waals surface area contributed by atoms with E-state index in [1.807, 2.05) is 84.6 Å². The molecule has 35 heavy (non-hydrogen) atoms. The van der Waals surface area contributed by atoms with Crippen LogP contribution in [0.15, 0.2) is 83.7 Å². The van der Waals surface area contributed by atoms with Crippen molar-refractivity contribution in [2.75, 3.05) is 13.7 Å². The van der Waals surface area contributed by atoms with Crippen LogP contribution in [0, 0.1) is 0 Å². The lowest BCUT2D eigenvalue weighted by atomic mass is 10.1. The number of benzene rings is 3. The Morgan fingerprint density at radius 2 is 1.66 bits per heavy atom. The van der Waals surface area contributed by atoms with Gasteiger partial charge in [0.2, 0.25) is 0 Å². The van der Waals surface area contributed by atoms with Gasteiger partial charge in [0.15, 0.2) is 0 Å². The molecule has 0 aliphatic rings. The van der Waals surface area contributed by atoms with Gasteiger partial charge in [-0.05, 0) is 49.2 Å². The number of amides is 1. The zero-order valence-corrected chi connectivity index (χ0v) is 20.5. The third kappa shape index (κ3) is 4.83. The van der Waals surface area contributed by atoms with Crippen LogP contribution in [-0.4, -0.2) is 34.0 Å². The molecule has 0 bridgehead atoms. The normalized spacial score (nSPS) is 11.9. The minimum absolute atomic E-state index is 0.0696. The van der Waals surface area contributed by atoms with E-state index in [1.165, 1.54) is 0 Å². The topological polar surface area (TPSA) is 64.4 Å². The van der Waals surface area contributed by atoms with Gasteiger partial charge in [0.25, 0.3) is 11.5 Å². The van der Waals surface area contributed by atoms with Crippen LogP contribution in [0.4, 0.5) is 0 Å². The van der Waals surface area contributed by atoms with Crippen molar-refractivity contribution in [3.63, 3.8) is 0 Å². The summed E-state index contributed by atoms with van der Waals surface area (Å²) in [4.78, 5) is 34.4. The molecule has 1 heterocycles. The summed E-state index contributed by atoms with van der Waals surface area (Å²) >= 11 is 0. The van der Waals surface area contributed by atoms with Gasteiger partial charge >= 0.3 is 0 Å². The van der Waals surface area contributed by atoms with Crippen molar-refractivity contribution in [2.24, 2.45) is 0 Å². The Hall–Kier alpha value is -3.93. The maximum absolute atomic E-state index is 13.9. The van der Waals surface area contributed by atoms with Crippen LogP contribution in [0.25, 0.3) is 16.6 Å².